The summed E-state index contributed by atoms with van der Waals surface area (Å²) in [5, 5.41) is 11.3. The lowest BCUT2D eigenvalue weighted by atomic mass is 10.1. The van der Waals surface area contributed by atoms with E-state index >= 15 is 0 Å². The van der Waals surface area contributed by atoms with Gasteiger partial charge in [0.1, 0.15) is 29.8 Å². The van der Waals surface area contributed by atoms with E-state index in [1.807, 2.05) is 0 Å². The minimum Gasteiger partial charge on any atom is -0.455 e. The fourth-order valence-corrected chi connectivity index (χ4v) is 7.52. The third kappa shape index (κ3) is 6.28. The first kappa shape index (κ1) is 28.2. The van der Waals surface area contributed by atoms with Crippen molar-refractivity contribution in [2.24, 2.45) is 0 Å². The predicted octanol–water partition coefficient (Wildman–Crippen LogP) is 1.54. The van der Waals surface area contributed by atoms with E-state index in [4.69, 9.17) is 29.0 Å². The van der Waals surface area contributed by atoms with E-state index in [2.05, 4.69) is 15.0 Å². The molecule has 4 heterocycles. The molecule has 2 aliphatic rings. The van der Waals surface area contributed by atoms with Crippen molar-refractivity contribution in [3.05, 3.63) is 12.7 Å². The molecule has 0 aromatic carbocycles. The molecule has 5 atom stereocenters. The molecule has 37 heavy (non-hydrogen) atoms. The molecule has 2 saturated heterocycles. The van der Waals surface area contributed by atoms with Gasteiger partial charge in [0, 0.05) is 25.0 Å². The number of carbonyl (C=O) groups is 2. The van der Waals surface area contributed by atoms with Crippen LogP contribution in [0.25, 0.3) is 11.2 Å². The van der Waals surface area contributed by atoms with Gasteiger partial charge in [-0.2, -0.15) is 0 Å². The molecule has 0 saturated carbocycles. The average molecular weight is 578 g/mol. The second-order valence-corrected chi connectivity index (χ2v) is 13.0. The lowest BCUT2D eigenvalue weighted by Crippen LogP contribution is -2.42. The molecule has 14 nitrogen and oxygen atoms in total. The highest BCUT2D eigenvalue weighted by atomic mass is 33.1. The lowest BCUT2D eigenvalue weighted by Gasteiger charge is -2.29. The second kappa shape index (κ2) is 12.4. The summed E-state index contributed by atoms with van der Waals surface area (Å²) < 4.78 is 43.6. The van der Waals surface area contributed by atoms with Crippen molar-refractivity contribution in [2.75, 3.05) is 37.6 Å². The van der Waals surface area contributed by atoms with Gasteiger partial charge in [-0.05, 0) is 6.92 Å². The van der Waals surface area contributed by atoms with Crippen LogP contribution in [0.3, 0.4) is 0 Å². The molecule has 204 valence electrons. The van der Waals surface area contributed by atoms with Gasteiger partial charge in [-0.3, -0.25) is 13.9 Å². The highest BCUT2D eigenvalue weighted by Crippen LogP contribution is 2.57. The van der Waals surface area contributed by atoms with Crippen molar-refractivity contribution in [1.29, 1.82) is 0 Å². The van der Waals surface area contributed by atoms with Gasteiger partial charge in [0.2, 0.25) is 0 Å². The van der Waals surface area contributed by atoms with E-state index < -0.39 is 43.9 Å². The molecular formula is C20H28N5O9PS2. The number of nitrogens with two attached hydrogens (primary N) is 1. The van der Waals surface area contributed by atoms with Crippen LogP contribution in [-0.2, 0) is 37.4 Å². The first-order valence-corrected chi connectivity index (χ1v) is 15.5. The van der Waals surface area contributed by atoms with E-state index in [1.165, 1.54) is 31.3 Å². The summed E-state index contributed by atoms with van der Waals surface area (Å²) in [6.07, 6.45) is -2.19. The van der Waals surface area contributed by atoms with E-state index in [9.17, 15) is 19.3 Å². The number of aromatic nitrogens is 4. The van der Waals surface area contributed by atoms with Crippen molar-refractivity contribution >= 4 is 57.9 Å². The van der Waals surface area contributed by atoms with Crippen molar-refractivity contribution in [3.8, 4) is 0 Å². The molecule has 2 aliphatic heterocycles. The Bertz CT molecular complexity index is 1160. The number of aliphatic hydroxyl groups is 1. The SMILES string of the molecule is CO[C@H]1[C@@H](OC(=O)CCC(C)=O)[C@H](n2cnc3c(N)ncnc32)O[C@@H]1C(O)P1(=O)OCCSSCCO1. The quantitative estimate of drug-likeness (QED) is 0.261. The number of rotatable bonds is 8. The van der Waals surface area contributed by atoms with Gasteiger partial charge < -0.3 is 38.9 Å². The van der Waals surface area contributed by atoms with Crippen molar-refractivity contribution in [3.63, 3.8) is 0 Å². The first-order chi connectivity index (χ1) is 17.7. The highest BCUT2D eigenvalue weighted by molar-refractivity contribution is 8.76. The van der Waals surface area contributed by atoms with Crippen LogP contribution < -0.4 is 5.73 Å². The molecule has 3 N–H and O–H groups in total. The maximum absolute atomic E-state index is 13.6. The summed E-state index contributed by atoms with van der Waals surface area (Å²) in [5.41, 5.74) is 6.48. The Morgan fingerprint density at radius 1 is 1.22 bits per heavy atom. The number of nitrogen functional groups attached to an aromatic ring is 1. The summed E-state index contributed by atoms with van der Waals surface area (Å²) in [6, 6.07) is 0. The van der Waals surface area contributed by atoms with Crippen LogP contribution in [0.2, 0.25) is 0 Å². The smallest absolute Gasteiger partial charge is 0.361 e. The Morgan fingerprint density at radius 3 is 2.57 bits per heavy atom. The number of Topliss-reactive ketones (excluding diaryl/α,β-unsaturated/α-hetero) is 1. The zero-order valence-corrected chi connectivity index (χ0v) is 22.7. The van der Waals surface area contributed by atoms with Crippen LogP contribution in [0.4, 0.5) is 5.82 Å². The molecule has 4 rings (SSSR count). The van der Waals surface area contributed by atoms with Crippen LogP contribution in [-0.4, -0.2) is 92.4 Å². The van der Waals surface area contributed by atoms with E-state index in [0.29, 0.717) is 11.5 Å². The number of anilines is 1. The number of ketones is 1. The molecular weight excluding hydrogens is 549 g/mol. The van der Waals surface area contributed by atoms with Crippen molar-refractivity contribution < 1.29 is 42.5 Å². The average Bonchev–Trinajstić information content (AvgIpc) is 3.47. The topological polar surface area (TPSA) is 187 Å². The number of imidazole rings is 1. The van der Waals surface area contributed by atoms with Gasteiger partial charge in [0.05, 0.1) is 26.0 Å². The highest BCUT2D eigenvalue weighted by Gasteiger charge is 2.56. The molecule has 2 aromatic rings. The number of carbonyl (C=O) groups excluding carboxylic acids is 2. The molecule has 0 radical (unpaired) electrons. The molecule has 0 amide bonds. The molecule has 1 unspecified atom stereocenters. The largest absolute Gasteiger partial charge is 0.455 e. The first-order valence-electron chi connectivity index (χ1n) is 11.4. The number of ether oxygens (including phenoxy) is 3. The van der Waals surface area contributed by atoms with Gasteiger partial charge >= 0.3 is 13.6 Å². The summed E-state index contributed by atoms with van der Waals surface area (Å²) in [7, 11) is 0.351. The Balaban J connectivity index is 1.68. The number of nitrogens with zero attached hydrogens (tertiary/aromatic N) is 4. The Kier molecular flexibility index (Phi) is 9.45. The fraction of sp³-hybridized carbons (Fsp3) is 0.650. The van der Waals surface area contributed by atoms with Gasteiger partial charge in [0.25, 0.3) is 0 Å². The monoisotopic (exact) mass is 577 g/mol. The summed E-state index contributed by atoms with van der Waals surface area (Å²) in [5.74, 6) is -1.40. The van der Waals surface area contributed by atoms with Gasteiger partial charge in [-0.25, -0.2) is 15.0 Å². The van der Waals surface area contributed by atoms with Gasteiger partial charge in [-0.1, -0.05) is 21.6 Å². The molecule has 17 heteroatoms. The zero-order chi connectivity index (χ0) is 26.6. The third-order valence-electron chi connectivity index (χ3n) is 5.68. The Labute approximate surface area is 220 Å². The van der Waals surface area contributed by atoms with Crippen molar-refractivity contribution in [1.82, 2.24) is 19.5 Å². The number of hydrogen-bond donors (Lipinski definition) is 2. The minimum absolute atomic E-state index is 0.00848. The number of methoxy groups -OCH3 is 1. The molecule has 0 aliphatic carbocycles. The predicted molar refractivity (Wildman–Crippen MR) is 135 cm³/mol. The molecule has 0 spiro atoms. The minimum atomic E-state index is -4.08. The summed E-state index contributed by atoms with van der Waals surface area (Å²) in [6.45, 7) is 1.55. The van der Waals surface area contributed by atoms with Gasteiger partial charge in [0.15, 0.2) is 29.6 Å². The number of fused-ring (bicyclic) bond motifs is 1. The van der Waals surface area contributed by atoms with E-state index in [0.717, 1.165) is 0 Å². The lowest BCUT2D eigenvalue weighted by molar-refractivity contribution is -0.160. The van der Waals surface area contributed by atoms with Crippen LogP contribution in [0, 0.1) is 0 Å². The Morgan fingerprint density at radius 2 is 1.92 bits per heavy atom. The Hall–Kier alpha value is -1.78. The van der Waals surface area contributed by atoms with Crippen LogP contribution in [0.15, 0.2) is 12.7 Å². The fourth-order valence-electron chi connectivity index (χ4n) is 3.95. The third-order valence-corrected chi connectivity index (χ3v) is 10.0. The number of esters is 1. The number of hydrogen-bond acceptors (Lipinski definition) is 15. The zero-order valence-electron chi connectivity index (χ0n) is 20.1. The molecule has 0 bridgehead atoms. The summed E-state index contributed by atoms with van der Waals surface area (Å²) >= 11 is 0. The second-order valence-electron chi connectivity index (χ2n) is 8.19. The number of aliphatic hydroxyl groups excluding tert-OH is 1. The normalized spacial score (nSPS) is 27.2. The molecule has 2 fully saturated rings. The van der Waals surface area contributed by atoms with Crippen molar-refractivity contribution in [2.45, 2.75) is 50.2 Å². The molecule has 2 aromatic heterocycles. The van der Waals surface area contributed by atoms with E-state index in [1.54, 1.807) is 21.6 Å². The van der Waals surface area contributed by atoms with Crippen LogP contribution in [0.1, 0.15) is 26.0 Å². The summed E-state index contributed by atoms with van der Waals surface area (Å²) in [4.78, 5) is 36.4. The maximum Gasteiger partial charge on any atom is 0.361 e. The maximum atomic E-state index is 13.6. The standard InChI is InChI=1S/C20H28N5O9PS2/c1-11(26)3-4-12(27)33-15-14(30-2)16(20(28)35(29)31-5-7-36-37-8-6-32-35)34-19(15)25-10-24-13-17(21)22-9-23-18(13)25/h9-10,14-16,19-20,28H,3-8H2,1-2H3,(H2,21,22,23)/t14-,15+,16-,19+,20?/m0/s1. The van der Waals surface area contributed by atoms with Gasteiger partial charge in [-0.15, -0.1) is 0 Å². The van der Waals surface area contributed by atoms with Crippen LogP contribution >= 0.6 is 29.2 Å². The van der Waals surface area contributed by atoms with Crippen LogP contribution in [0.5, 0.6) is 0 Å². The van der Waals surface area contributed by atoms with E-state index in [-0.39, 0.29) is 48.8 Å².